The summed E-state index contributed by atoms with van der Waals surface area (Å²) >= 11 is 3.48. The lowest BCUT2D eigenvalue weighted by Crippen LogP contribution is -2.35. The summed E-state index contributed by atoms with van der Waals surface area (Å²) in [4.78, 5) is 15.4. The minimum atomic E-state index is 0.410. The fraction of sp³-hybridized carbons (Fsp3) is 0.519. The van der Waals surface area contributed by atoms with Crippen LogP contribution in [0.4, 0.5) is 11.4 Å². The van der Waals surface area contributed by atoms with E-state index >= 15 is 0 Å². The number of hydrogen-bond donors (Lipinski definition) is 2. The van der Waals surface area contributed by atoms with Crippen LogP contribution in [0.1, 0.15) is 46.5 Å². The van der Waals surface area contributed by atoms with Crippen LogP contribution < -0.4 is 9.64 Å². The van der Waals surface area contributed by atoms with Crippen molar-refractivity contribution < 1.29 is 19.7 Å². The average Bonchev–Trinajstić information content (AvgIpc) is 3.06. The second-order valence-electron chi connectivity index (χ2n) is 7.15. The smallest absolute Gasteiger partial charge is 0.134 e. The Morgan fingerprint density at radius 3 is 2.37 bits per heavy atom. The summed E-state index contributed by atoms with van der Waals surface area (Å²) in [5.41, 5.74) is 2.44. The second kappa shape index (κ2) is 20.5. The van der Waals surface area contributed by atoms with Gasteiger partial charge in [0.25, 0.3) is 0 Å². The number of carbonyl (C=O) groups excluding carboxylic acids is 1. The zero-order valence-electron chi connectivity index (χ0n) is 22.4. The third-order valence-corrected chi connectivity index (χ3v) is 7.01. The first-order valence-corrected chi connectivity index (χ1v) is 14.1. The molecule has 1 atom stereocenters. The van der Waals surface area contributed by atoms with Crippen LogP contribution in [0.2, 0.25) is 0 Å². The molecular formula is C27H44N2O4S2. The number of rotatable bonds is 9. The molecule has 0 bridgehead atoms. The number of fused-ring (bicyclic) bond motifs is 1. The molecule has 0 spiro atoms. The van der Waals surface area contributed by atoms with E-state index in [4.69, 9.17) is 14.9 Å². The van der Waals surface area contributed by atoms with Crippen LogP contribution in [-0.2, 0) is 4.79 Å². The Hall–Kier alpha value is -1.71. The molecular weight excluding hydrogens is 480 g/mol. The van der Waals surface area contributed by atoms with E-state index in [1.807, 2.05) is 13.8 Å². The molecule has 2 aromatic rings. The fourth-order valence-corrected chi connectivity index (χ4v) is 5.13. The average molecular weight is 525 g/mol. The topological polar surface area (TPSA) is 73.2 Å². The first-order valence-electron chi connectivity index (χ1n) is 12.1. The molecule has 0 amide bonds. The molecule has 35 heavy (non-hydrogen) atoms. The van der Waals surface area contributed by atoms with Crippen molar-refractivity contribution in [1.82, 2.24) is 4.31 Å². The minimum absolute atomic E-state index is 0.410. The highest BCUT2D eigenvalue weighted by Crippen LogP contribution is 2.45. The number of likely N-dealkylation sites (N-methyl/N-ethyl adjacent to an activating group) is 1. The van der Waals surface area contributed by atoms with Gasteiger partial charge in [0.15, 0.2) is 0 Å². The number of ether oxygens (including phenoxy) is 1. The molecule has 2 aromatic carbocycles. The number of nitrogens with zero attached hydrogens (tertiary/aromatic N) is 2. The number of para-hydroxylation sites is 1. The highest BCUT2D eigenvalue weighted by atomic mass is 32.2. The van der Waals surface area contributed by atoms with Crippen LogP contribution in [0.3, 0.4) is 0 Å². The van der Waals surface area contributed by atoms with Crippen LogP contribution >= 0.6 is 23.7 Å². The third kappa shape index (κ3) is 10.4. The number of aliphatic hydroxyl groups is 2. The molecule has 198 valence electrons. The highest BCUT2D eigenvalue weighted by molar-refractivity contribution is 7.98. The standard InChI is InChI=1S/C23H30N2O2S2.C2H6.2CH4O/c1-4-5-10-19-17-25(18-11-7-6-8-12-18)20-15-23(28-3)21(27-14-9-13-26)16-22(20)29-24(19)2;3*1-2/h6-8,11-13,15-16,19H,4-5,9-10,14,17H2,1-3H3;1-2H3;2*2H,1H3. The molecule has 0 aliphatic carbocycles. The van der Waals surface area contributed by atoms with E-state index in [2.05, 4.69) is 71.9 Å². The Morgan fingerprint density at radius 2 is 1.80 bits per heavy atom. The number of carbonyl (C=O) groups is 1. The van der Waals surface area contributed by atoms with Gasteiger partial charge in [-0.1, -0.05) is 51.8 Å². The Balaban J connectivity index is 0.00000179. The lowest BCUT2D eigenvalue weighted by molar-refractivity contribution is -0.108. The van der Waals surface area contributed by atoms with Gasteiger partial charge in [0.05, 0.1) is 22.1 Å². The van der Waals surface area contributed by atoms with Crippen LogP contribution in [0.5, 0.6) is 5.75 Å². The zero-order valence-corrected chi connectivity index (χ0v) is 24.0. The summed E-state index contributed by atoms with van der Waals surface area (Å²) in [6.07, 6.45) is 6.99. The van der Waals surface area contributed by atoms with E-state index in [0.29, 0.717) is 19.1 Å². The van der Waals surface area contributed by atoms with E-state index in [1.54, 1.807) is 23.7 Å². The molecule has 0 saturated heterocycles. The maximum Gasteiger partial charge on any atom is 0.134 e. The van der Waals surface area contributed by atoms with Crippen molar-refractivity contribution in [2.24, 2.45) is 0 Å². The molecule has 0 radical (unpaired) electrons. The molecule has 0 fully saturated rings. The number of aliphatic hydroxyl groups excluding tert-OH is 2. The van der Waals surface area contributed by atoms with Crippen molar-refractivity contribution in [3.63, 3.8) is 0 Å². The quantitative estimate of drug-likeness (QED) is 0.172. The molecule has 1 unspecified atom stereocenters. The van der Waals surface area contributed by atoms with Gasteiger partial charge in [0.1, 0.15) is 12.0 Å². The number of unbranched alkanes of at least 4 members (excludes halogenated alkanes) is 1. The summed E-state index contributed by atoms with van der Waals surface area (Å²) < 4.78 is 8.34. The lowest BCUT2D eigenvalue weighted by atomic mass is 10.1. The Bertz CT molecular complexity index is 809. The van der Waals surface area contributed by atoms with Gasteiger partial charge in [-0.05, 0) is 55.9 Å². The van der Waals surface area contributed by atoms with E-state index < -0.39 is 0 Å². The van der Waals surface area contributed by atoms with Crippen molar-refractivity contribution in [3.8, 4) is 5.75 Å². The number of hydrogen-bond acceptors (Lipinski definition) is 8. The summed E-state index contributed by atoms with van der Waals surface area (Å²) in [5, 5.41) is 14.0. The summed E-state index contributed by atoms with van der Waals surface area (Å²) in [6.45, 7) is 7.62. The zero-order chi connectivity index (χ0) is 26.6. The van der Waals surface area contributed by atoms with Gasteiger partial charge >= 0.3 is 0 Å². The van der Waals surface area contributed by atoms with Crippen molar-refractivity contribution in [3.05, 3.63) is 42.5 Å². The first kappa shape index (κ1) is 33.3. The molecule has 6 nitrogen and oxygen atoms in total. The van der Waals surface area contributed by atoms with Gasteiger partial charge < -0.3 is 24.6 Å². The van der Waals surface area contributed by atoms with Crippen molar-refractivity contribution in [2.45, 2.75) is 62.3 Å². The van der Waals surface area contributed by atoms with E-state index in [0.717, 1.165) is 37.7 Å². The maximum atomic E-state index is 10.7. The summed E-state index contributed by atoms with van der Waals surface area (Å²) in [7, 11) is 4.19. The lowest BCUT2D eigenvalue weighted by Gasteiger charge is -2.30. The van der Waals surface area contributed by atoms with Crippen LogP contribution in [0.15, 0.2) is 52.3 Å². The van der Waals surface area contributed by atoms with Crippen molar-refractivity contribution in [2.75, 3.05) is 45.6 Å². The number of benzene rings is 2. The molecule has 1 heterocycles. The van der Waals surface area contributed by atoms with Gasteiger partial charge in [-0.3, -0.25) is 0 Å². The van der Waals surface area contributed by atoms with E-state index in [9.17, 15) is 4.79 Å². The molecule has 0 aromatic heterocycles. The maximum absolute atomic E-state index is 10.7. The Morgan fingerprint density at radius 1 is 1.14 bits per heavy atom. The minimum Gasteiger partial charge on any atom is -0.492 e. The molecule has 8 heteroatoms. The molecule has 1 aliphatic rings. The summed E-state index contributed by atoms with van der Waals surface area (Å²) in [6, 6.07) is 15.5. The molecule has 0 saturated carbocycles. The first-order chi connectivity index (χ1) is 17.2. The fourth-order valence-electron chi connectivity index (χ4n) is 3.52. The van der Waals surface area contributed by atoms with Gasteiger partial charge in [-0.15, -0.1) is 11.8 Å². The van der Waals surface area contributed by atoms with Gasteiger partial charge in [0, 0.05) is 38.9 Å². The molecule has 2 N–H and O–H groups in total. The highest BCUT2D eigenvalue weighted by Gasteiger charge is 2.28. The van der Waals surface area contributed by atoms with Crippen molar-refractivity contribution in [1.29, 1.82) is 0 Å². The number of thioether (sulfide) groups is 1. The van der Waals surface area contributed by atoms with E-state index in [1.165, 1.54) is 35.5 Å². The number of anilines is 2. The predicted molar refractivity (Wildman–Crippen MR) is 152 cm³/mol. The molecule has 3 rings (SSSR count). The van der Waals surface area contributed by atoms with Crippen LogP contribution in [0.25, 0.3) is 0 Å². The number of aldehydes is 1. The monoisotopic (exact) mass is 524 g/mol. The largest absolute Gasteiger partial charge is 0.492 e. The van der Waals surface area contributed by atoms with Gasteiger partial charge in [0.2, 0.25) is 0 Å². The molecule has 1 aliphatic heterocycles. The SMILES string of the molecule is CC.CCCCC1CN(c2ccccc2)c2cc(SC)c(OCCC=O)cc2SN1C.CO.CO. The van der Waals surface area contributed by atoms with Gasteiger partial charge in [-0.2, -0.15) is 0 Å². The normalized spacial score (nSPS) is 14.5. The van der Waals surface area contributed by atoms with Crippen molar-refractivity contribution >= 4 is 41.4 Å². The Kier molecular flexibility index (Phi) is 19.5. The Labute approximate surface area is 221 Å². The third-order valence-electron chi connectivity index (χ3n) is 5.14. The second-order valence-corrected chi connectivity index (χ2v) is 9.20. The van der Waals surface area contributed by atoms with Crippen LogP contribution in [0, 0.1) is 0 Å². The predicted octanol–water partition coefficient (Wildman–Crippen LogP) is 6.27. The van der Waals surface area contributed by atoms with Gasteiger partial charge in [-0.25, -0.2) is 4.31 Å². The van der Waals surface area contributed by atoms with E-state index in [-0.39, 0.29) is 0 Å². The summed E-state index contributed by atoms with van der Waals surface area (Å²) in [5.74, 6) is 0.860. The van der Waals surface area contributed by atoms with Crippen LogP contribution in [-0.4, -0.2) is 67.5 Å².